The molecule has 3 heteroatoms. The topological polar surface area (TPSA) is 21.3 Å². The van der Waals surface area contributed by atoms with Crippen LogP contribution in [-0.4, -0.2) is 26.5 Å². The van der Waals surface area contributed by atoms with E-state index in [0.717, 1.165) is 13.0 Å². The van der Waals surface area contributed by atoms with E-state index in [1.807, 2.05) is 0 Å². The van der Waals surface area contributed by atoms with Gasteiger partial charge in [-0.15, -0.1) is 0 Å². The highest BCUT2D eigenvalue weighted by molar-refractivity contribution is 7.01. The molecule has 4 rings (SSSR count). The smallest absolute Gasteiger partial charge is 0.196 e. The third-order valence-electron chi connectivity index (χ3n) is 7.08. The Morgan fingerprint density at radius 3 is 1.91 bits per heavy atom. The van der Waals surface area contributed by atoms with E-state index in [0.29, 0.717) is 17.4 Å². The van der Waals surface area contributed by atoms with Crippen LogP contribution in [0.5, 0.6) is 0 Å². The number of benzene rings is 2. The van der Waals surface area contributed by atoms with Gasteiger partial charge in [0.05, 0.1) is 6.10 Å². The van der Waals surface area contributed by atoms with Crippen LogP contribution >= 0.6 is 0 Å². The molecule has 0 bridgehead atoms. The van der Waals surface area contributed by atoms with E-state index in [2.05, 4.69) is 119 Å². The molecule has 4 atom stereocenters. The SMILES string of the molecule is CCOC1CC2C=CC=CC2C1[Si](NC(C)(C)C)(c1ccc(C)cc1)c1ccc(C)cc1. The highest BCUT2D eigenvalue weighted by atomic mass is 28.3. The molecule has 170 valence electrons. The first-order chi connectivity index (χ1) is 15.2. The Hall–Kier alpha value is -1.94. The third kappa shape index (κ3) is 4.43. The van der Waals surface area contributed by atoms with Gasteiger partial charge >= 0.3 is 0 Å². The highest BCUT2D eigenvalue weighted by Gasteiger charge is 2.57. The Balaban J connectivity index is 2.00. The maximum Gasteiger partial charge on any atom is 0.196 e. The van der Waals surface area contributed by atoms with Crippen molar-refractivity contribution in [3.8, 4) is 0 Å². The summed E-state index contributed by atoms with van der Waals surface area (Å²) in [5.41, 5.74) is 3.01. The molecule has 1 N–H and O–H groups in total. The van der Waals surface area contributed by atoms with Crippen LogP contribution < -0.4 is 15.4 Å². The third-order valence-corrected chi connectivity index (χ3v) is 12.5. The van der Waals surface area contributed by atoms with Crippen LogP contribution in [0.15, 0.2) is 72.8 Å². The second-order valence-corrected chi connectivity index (χ2v) is 14.4. The van der Waals surface area contributed by atoms with E-state index in [1.165, 1.54) is 21.5 Å². The fraction of sp³-hybridized carbons (Fsp3) is 0.448. The largest absolute Gasteiger partial charge is 0.378 e. The van der Waals surface area contributed by atoms with Gasteiger partial charge in [-0.2, -0.15) is 0 Å². The monoisotopic (exact) mass is 445 g/mol. The minimum absolute atomic E-state index is 0.0228. The zero-order valence-corrected chi connectivity index (χ0v) is 21.6. The average molecular weight is 446 g/mol. The van der Waals surface area contributed by atoms with E-state index in [-0.39, 0.29) is 11.6 Å². The van der Waals surface area contributed by atoms with Crippen LogP contribution in [0.3, 0.4) is 0 Å². The highest BCUT2D eigenvalue weighted by Crippen LogP contribution is 2.50. The van der Waals surface area contributed by atoms with E-state index < -0.39 is 8.24 Å². The fourth-order valence-electron chi connectivity index (χ4n) is 5.91. The summed E-state index contributed by atoms with van der Waals surface area (Å²) in [7, 11) is -2.46. The van der Waals surface area contributed by atoms with Gasteiger partial charge in [0.2, 0.25) is 0 Å². The lowest BCUT2D eigenvalue weighted by Gasteiger charge is -2.47. The Labute approximate surface area is 195 Å². The van der Waals surface area contributed by atoms with Gasteiger partial charge in [0.1, 0.15) is 0 Å². The van der Waals surface area contributed by atoms with Crippen LogP contribution in [-0.2, 0) is 4.74 Å². The van der Waals surface area contributed by atoms with Crippen molar-refractivity contribution in [1.82, 2.24) is 4.98 Å². The van der Waals surface area contributed by atoms with E-state index in [4.69, 9.17) is 4.74 Å². The maximum absolute atomic E-state index is 6.55. The quantitative estimate of drug-likeness (QED) is 0.610. The first-order valence-electron chi connectivity index (χ1n) is 12.1. The molecule has 32 heavy (non-hydrogen) atoms. The van der Waals surface area contributed by atoms with Crippen molar-refractivity contribution in [1.29, 1.82) is 0 Å². The minimum atomic E-state index is -2.46. The lowest BCUT2D eigenvalue weighted by Crippen LogP contribution is -2.76. The first-order valence-corrected chi connectivity index (χ1v) is 14.2. The predicted octanol–water partition coefficient (Wildman–Crippen LogP) is 5.29. The number of nitrogens with one attached hydrogen (secondary N) is 1. The summed E-state index contributed by atoms with van der Waals surface area (Å²) in [4.78, 5) is 4.31. The van der Waals surface area contributed by atoms with Gasteiger partial charge in [0, 0.05) is 17.7 Å². The normalized spacial score (nSPS) is 25.2. The summed E-state index contributed by atoms with van der Waals surface area (Å²) in [6, 6.07) is 18.7. The number of rotatable bonds is 6. The van der Waals surface area contributed by atoms with Crippen LogP contribution in [0.25, 0.3) is 0 Å². The Morgan fingerprint density at radius 2 is 1.41 bits per heavy atom. The van der Waals surface area contributed by atoms with E-state index in [1.54, 1.807) is 0 Å². The van der Waals surface area contributed by atoms with Gasteiger partial charge in [-0.1, -0.05) is 84.0 Å². The van der Waals surface area contributed by atoms with Gasteiger partial charge in [-0.25, -0.2) is 0 Å². The zero-order chi connectivity index (χ0) is 22.9. The molecule has 2 aromatic carbocycles. The predicted molar refractivity (Wildman–Crippen MR) is 139 cm³/mol. The van der Waals surface area contributed by atoms with Crippen LogP contribution in [0.4, 0.5) is 0 Å². The number of fused-ring (bicyclic) bond motifs is 1. The molecule has 0 aliphatic heterocycles. The van der Waals surface area contributed by atoms with E-state index in [9.17, 15) is 0 Å². The molecule has 0 aromatic heterocycles. The second-order valence-electron chi connectivity index (χ2n) is 10.7. The number of hydrogen-bond donors (Lipinski definition) is 1. The molecule has 0 amide bonds. The number of allylic oxidation sites excluding steroid dienone is 4. The molecular weight excluding hydrogens is 406 g/mol. The van der Waals surface area contributed by atoms with Crippen molar-refractivity contribution >= 4 is 18.6 Å². The molecule has 0 saturated heterocycles. The summed E-state index contributed by atoms with van der Waals surface area (Å²) in [6.07, 6.45) is 10.7. The summed E-state index contributed by atoms with van der Waals surface area (Å²) in [6.45, 7) is 14.2. The van der Waals surface area contributed by atoms with Crippen molar-refractivity contribution < 1.29 is 4.74 Å². The van der Waals surface area contributed by atoms with Crippen molar-refractivity contribution in [2.75, 3.05) is 6.61 Å². The van der Waals surface area contributed by atoms with Crippen molar-refractivity contribution in [2.24, 2.45) is 11.8 Å². The fourth-order valence-corrected chi connectivity index (χ4v) is 11.8. The van der Waals surface area contributed by atoms with Gasteiger partial charge in [-0.05, 0) is 70.2 Å². The molecule has 0 spiro atoms. The van der Waals surface area contributed by atoms with E-state index >= 15 is 0 Å². The molecule has 0 radical (unpaired) electrons. The van der Waals surface area contributed by atoms with Crippen molar-refractivity contribution in [2.45, 2.75) is 65.1 Å². The molecule has 2 aliphatic carbocycles. The molecule has 4 unspecified atom stereocenters. The number of aryl methyl sites for hydroxylation is 2. The van der Waals surface area contributed by atoms with Gasteiger partial charge in [-0.3, -0.25) is 0 Å². The van der Waals surface area contributed by atoms with Crippen LogP contribution in [0.2, 0.25) is 5.54 Å². The number of hydrogen-bond acceptors (Lipinski definition) is 2. The van der Waals surface area contributed by atoms with Gasteiger partial charge in [0.15, 0.2) is 8.24 Å². The van der Waals surface area contributed by atoms with Crippen molar-refractivity contribution in [3.05, 3.63) is 84.0 Å². The van der Waals surface area contributed by atoms with Crippen molar-refractivity contribution in [3.63, 3.8) is 0 Å². The van der Waals surface area contributed by atoms with Gasteiger partial charge in [0.25, 0.3) is 0 Å². The lowest BCUT2D eigenvalue weighted by atomic mass is 9.92. The zero-order valence-electron chi connectivity index (χ0n) is 20.6. The lowest BCUT2D eigenvalue weighted by molar-refractivity contribution is 0.0639. The summed E-state index contributed by atoms with van der Waals surface area (Å²) >= 11 is 0. The van der Waals surface area contributed by atoms with Crippen LogP contribution in [0.1, 0.15) is 45.2 Å². The van der Waals surface area contributed by atoms with Gasteiger partial charge < -0.3 is 9.72 Å². The summed E-state index contributed by atoms with van der Waals surface area (Å²) in [5, 5.41) is 2.92. The Kier molecular flexibility index (Phi) is 6.62. The summed E-state index contributed by atoms with van der Waals surface area (Å²) in [5.74, 6) is 1.03. The average Bonchev–Trinajstić information content (AvgIpc) is 3.11. The molecule has 2 nitrogen and oxygen atoms in total. The molecule has 2 aliphatic rings. The molecule has 1 saturated carbocycles. The number of ether oxygens (including phenoxy) is 1. The molecule has 0 heterocycles. The Morgan fingerprint density at radius 1 is 0.875 bits per heavy atom. The maximum atomic E-state index is 6.55. The Bertz CT molecular complexity index is 922. The van der Waals surface area contributed by atoms with Crippen LogP contribution in [0, 0.1) is 25.7 Å². The second kappa shape index (κ2) is 9.13. The minimum Gasteiger partial charge on any atom is -0.378 e. The summed E-state index contributed by atoms with van der Waals surface area (Å²) < 4.78 is 6.55. The first kappa shape index (κ1) is 23.2. The standard InChI is InChI=1S/C29H39NOSi/c1-7-31-27-20-23-10-8-9-11-26(23)28(27)32(30-29(4,5)6,24-16-12-21(2)13-17-24)25-18-14-22(3)15-19-25/h8-19,23,26-28,30H,7,20H2,1-6H3. The molecular formula is C29H39NOSi. The molecule has 2 aromatic rings. The molecule has 1 fully saturated rings.